The number of rotatable bonds is 4. The van der Waals surface area contributed by atoms with Crippen molar-refractivity contribution in [1.82, 2.24) is 10.2 Å². The van der Waals surface area contributed by atoms with Gasteiger partial charge in [-0.15, -0.1) is 0 Å². The van der Waals surface area contributed by atoms with Crippen molar-refractivity contribution in [3.63, 3.8) is 0 Å². The van der Waals surface area contributed by atoms with Gasteiger partial charge in [-0.05, 0) is 32.0 Å². The molecule has 1 saturated heterocycles. The van der Waals surface area contributed by atoms with Crippen LogP contribution in [-0.4, -0.2) is 24.4 Å². The highest BCUT2D eigenvalue weighted by molar-refractivity contribution is 5.76. The van der Waals surface area contributed by atoms with E-state index >= 15 is 0 Å². The van der Waals surface area contributed by atoms with Crippen molar-refractivity contribution < 1.29 is 9.21 Å². The molecule has 0 aliphatic carbocycles. The highest BCUT2D eigenvalue weighted by Gasteiger charge is 2.17. The average Bonchev–Trinajstić information content (AvgIpc) is 2.65. The summed E-state index contributed by atoms with van der Waals surface area (Å²) >= 11 is 0. The quantitative estimate of drug-likeness (QED) is 0.868. The number of likely N-dealkylation sites (tertiary alicyclic amines) is 1. The standard InChI is InChI=1S/C13H20N2O2/c1-14-9-11-6-7-12(17-11)10-15-8-4-2-3-5-13(15)16/h6-7,14H,2-5,8-10H2,1H3. The maximum Gasteiger partial charge on any atom is 0.222 e. The zero-order chi connectivity index (χ0) is 12.1. The second-order valence-corrected chi connectivity index (χ2v) is 4.52. The van der Waals surface area contributed by atoms with E-state index in [1.54, 1.807) is 0 Å². The predicted molar refractivity (Wildman–Crippen MR) is 65.4 cm³/mol. The number of hydrogen-bond donors (Lipinski definition) is 1. The lowest BCUT2D eigenvalue weighted by Gasteiger charge is -2.18. The van der Waals surface area contributed by atoms with Crippen LogP contribution in [0.2, 0.25) is 0 Å². The number of carbonyl (C=O) groups is 1. The number of hydrogen-bond acceptors (Lipinski definition) is 3. The molecule has 0 spiro atoms. The molecule has 2 rings (SSSR count). The minimum Gasteiger partial charge on any atom is -0.463 e. The van der Waals surface area contributed by atoms with E-state index < -0.39 is 0 Å². The van der Waals surface area contributed by atoms with Crippen LogP contribution in [0.5, 0.6) is 0 Å². The van der Waals surface area contributed by atoms with E-state index in [0.29, 0.717) is 13.0 Å². The van der Waals surface area contributed by atoms with Crippen LogP contribution in [0.1, 0.15) is 37.2 Å². The first-order chi connectivity index (χ1) is 8.29. The molecule has 0 saturated carbocycles. The molecule has 4 heteroatoms. The number of carbonyl (C=O) groups excluding carboxylic acids is 1. The Bertz CT molecular complexity index is 373. The molecule has 1 amide bonds. The Labute approximate surface area is 102 Å². The van der Waals surface area contributed by atoms with Crippen LogP contribution < -0.4 is 5.32 Å². The van der Waals surface area contributed by atoms with E-state index in [4.69, 9.17) is 4.42 Å². The third-order valence-corrected chi connectivity index (χ3v) is 3.09. The third kappa shape index (κ3) is 3.33. The maximum absolute atomic E-state index is 11.8. The van der Waals surface area contributed by atoms with Gasteiger partial charge >= 0.3 is 0 Å². The van der Waals surface area contributed by atoms with E-state index in [0.717, 1.165) is 43.9 Å². The minimum atomic E-state index is 0.258. The highest BCUT2D eigenvalue weighted by Crippen LogP contribution is 2.16. The van der Waals surface area contributed by atoms with E-state index in [9.17, 15) is 4.79 Å². The largest absolute Gasteiger partial charge is 0.463 e. The van der Waals surface area contributed by atoms with Crippen LogP contribution in [-0.2, 0) is 17.9 Å². The van der Waals surface area contributed by atoms with Crippen LogP contribution in [0.3, 0.4) is 0 Å². The molecule has 17 heavy (non-hydrogen) atoms. The second kappa shape index (κ2) is 5.87. The zero-order valence-electron chi connectivity index (χ0n) is 10.4. The normalized spacial score (nSPS) is 17.2. The third-order valence-electron chi connectivity index (χ3n) is 3.09. The Morgan fingerprint density at radius 1 is 1.29 bits per heavy atom. The van der Waals surface area contributed by atoms with E-state index in [1.165, 1.54) is 0 Å². The summed E-state index contributed by atoms with van der Waals surface area (Å²) < 4.78 is 5.66. The van der Waals surface area contributed by atoms with Gasteiger partial charge in [0.15, 0.2) is 0 Å². The van der Waals surface area contributed by atoms with Crippen molar-refractivity contribution >= 4 is 5.91 Å². The molecule has 1 aromatic rings. The first-order valence-corrected chi connectivity index (χ1v) is 6.29. The molecular weight excluding hydrogens is 216 g/mol. The van der Waals surface area contributed by atoms with Gasteiger partial charge in [0, 0.05) is 13.0 Å². The van der Waals surface area contributed by atoms with Crippen LogP contribution in [0, 0.1) is 0 Å². The smallest absolute Gasteiger partial charge is 0.222 e. The summed E-state index contributed by atoms with van der Waals surface area (Å²) in [5.74, 6) is 2.06. The summed E-state index contributed by atoms with van der Waals surface area (Å²) in [6.07, 6.45) is 3.98. The number of nitrogens with zero attached hydrogens (tertiary/aromatic N) is 1. The fourth-order valence-electron chi connectivity index (χ4n) is 2.17. The zero-order valence-corrected chi connectivity index (χ0v) is 10.4. The van der Waals surface area contributed by atoms with Crippen LogP contribution in [0.4, 0.5) is 0 Å². The summed E-state index contributed by atoms with van der Waals surface area (Å²) in [6.45, 7) is 2.21. The van der Waals surface area contributed by atoms with Crippen molar-refractivity contribution in [2.75, 3.05) is 13.6 Å². The molecule has 1 aromatic heterocycles. The molecule has 0 bridgehead atoms. The summed E-state index contributed by atoms with van der Waals surface area (Å²) in [4.78, 5) is 13.7. The van der Waals surface area contributed by atoms with Crippen molar-refractivity contribution in [2.24, 2.45) is 0 Å². The lowest BCUT2D eigenvalue weighted by Crippen LogP contribution is -2.29. The predicted octanol–water partition coefficient (Wildman–Crippen LogP) is 1.90. The van der Waals surface area contributed by atoms with Gasteiger partial charge in [0.25, 0.3) is 0 Å². The molecule has 1 aliphatic rings. The molecule has 0 unspecified atom stereocenters. The molecule has 4 nitrogen and oxygen atoms in total. The molecule has 1 aliphatic heterocycles. The average molecular weight is 236 g/mol. The van der Waals surface area contributed by atoms with E-state index in [1.807, 2.05) is 24.1 Å². The summed E-state index contributed by atoms with van der Waals surface area (Å²) in [5.41, 5.74) is 0. The van der Waals surface area contributed by atoms with Gasteiger partial charge in [0.2, 0.25) is 5.91 Å². The number of nitrogens with one attached hydrogen (secondary N) is 1. The molecule has 0 atom stereocenters. The number of furan rings is 1. The van der Waals surface area contributed by atoms with Crippen molar-refractivity contribution in [1.29, 1.82) is 0 Å². The Kier molecular flexibility index (Phi) is 4.20. The molecule has 0 radical (unpaired) electrons. The highest BCUT2D eigenvalue weighted by atomic mass is 16.3. The van der Waals surface area contributed by atoms with Crippen molar-refractivity contribution in [3.8, 4) is 0 Å². The first kappa shape index (κ1) is 12.2. The first-order valence-electron chi connectivity index (χ1n) is 6.29. The molecule has 0 aromatic carbocycles. The molecule has 1 fully saturated rings. The van der Waals surface area contributed by atoms with Gasteiger partial charge < -0.3 is 14.6 Å². The van der Waals surface area contributed by atoms with E-state index in [2.05, 4.69) is 5.32 Å². The molecular formula is C13H20N2O2. The fraction of sp³-hybridized carbons (Fsp3) is 0.615. The fourth-order valence-corrected chi connectivity index (χ4v) is 2.17. The summed E-state index contributed by atoms with van der Waals surface area (Å²) in [6, 6.07) is 3.93. The Hall–Kier alpha value is -1.29. The lowest BCUT2D eigenvalue weighted by atomic mass is 10.2. The van der Waals surface area contributed by atoms with Gasteiger partial charge in [-0.2, -0.15) is 0 Å². The van der Waals surface area contributed by atoms with Gasteiger partial charge in [0.05, 0.1) is 13.1 Å². The Morgan fingerprint density at radius 2 is 2.12 bits per heavy atom. The SMILES string of the molecule is CNCc1ccc(CN2CCCCCC2=O)o1. The van der Waals surface area contributed by atoms with Gasteiger partial charge in [-0.1, -0.05) is 6.42 Å². The summed E-state index contributed by atoms with van der Waals surface area (Å²) in [7, 11) is 1.89. The number of amides is 1. The molecule has 94 valence electrons. The van der Waals surface area contributed by atoms with Crippen LogP contribution >= 0.6 is 0 Å². The monoisotopic (exact) mass is 236 g/mol. The van der Waals surface area contributed by atoms with Gasteiger partial charge in [-0.25, -0.2) is 0 Å². The summed E-state index contributed by atoms with van der Waals surface area (Å²) in [5, 5.41) is 3.05. The Morgan fingerprint density at radius 3 is 2.94 bits per heavy atom. The molecule has 1 N–H and O–H groups in total. The van der Waals surface area contributed by atoms with Gasteiger partial charge in [-0.3, -0.25) is 4.79 Å². The lowest BCUT2D eigenvalue weighted by molar-refractivity contribution is -0.131. The van der Waals surface area contributed by atoms with Crippen molar-refractivity contribution in [3.05, 3.63) is 23.7 Å². The topological polar surface area (TPSA) is 45.5 Å². The van der Waals surface area contributed by atoms with Gasteiger partial charge in [0.1, 0.15) is 11.5 Å². The van der Waals surface area contributed by atoms with Crippen LogP contribution in [0.25, 0.3) is 0 Å². The molecule has 2 heterocycles. The maximum atomic E-state index is 11.8. The Balaban J connectivity index is 1.95. The minimum absolute atomic E-state index is 0.258. The van der Waals surface area contributed by atoms with Crippen molar-refractivity contribution in [2.45, 2.75) is 38.8 Å². The van der Waals surface area contributed by atoms with E-state index in [-0.39, 0.29) is 5.91 Å². The van der Waals surface area contributed by atoms with Crippen LogP contribution in [0.15, 0.2) is 16.5 Å². The second-order valence-electron chi connectivity index (χ2n) is 4.52.